The van der Waals surface area contributed by atoms with Crippen molar-refractivity contribution < 1.29 is 43.6 Å². The predicted octanol–water partition coefficient (Wildman–Crippen LogP) is 0.836. The first-order chi connectivity index (χ1) is 20.8. The van der Waals surface area contributed by atoms with Gasteiger partial charge in [-0.1, -0.05) is 6.92 Å². The molecule has 3 amide bonds. The molecule has 0 spiro atoms. The number of nitrogens with zero attached hydrogens (tertiary/aromatic N) is 5. The molecule has 0 aliphatic carbocycles. The summed E-state index contributed by atoms with van der Waals surface area (Å²) in [4.78, 5) is 63.6. The van der Waals surface area contributed by atoms with Gasteiger partial charge in [-0.05, 0) is 31.0 Å². The summed E-state index contributed by atoms with van der Waals surface area (Å²) in [5.74, 6) is -3.14. The number of fused-ring (bicyclic) bond motifs is 1. The van der Waals surface area contributed by atoms with Gasteiger partial charge < -0.3 is 30.5 Å². The van der Waals surface area contributed by atoms with Gasteiger partial charge in [0.1, 0.15) is 31.2 Å². The molecule has 1 aromatic heterocycles. The Morgan fingerprint density at radius 1 is 1.27 bits per heavy atom. The van der Waals surface area contributed by atoms with Crippen LogP contribution in [0.4, 0.5) is 10.5 Å². The Labute approximate surface area is 256 Å². The van der Waals surface area contributed by atoms with E-state index < -0.39 is 46.9 Å². The van der Waals surface area contributed by atoms with E-state index in [9.17, 15) is 39.5 Å². The number of ether oxygens (including phenoxy) is 1. The van der Waals surface area contributed by atoms with Gasteiger partial charge in [0.25, 0.3) is 11.6 Å². The van der Waals surface area contributed by atoms with Crippen LogP contribution in [0, 0.1) is 22.0 Å². The lowest BCUT2D eigenvalue weighted by molar-refractivity contribution is -0.683. The average Bonchev–Trinajstić information content (AvgIpc) is 3.63. The summed E-state index contributed by atoms with van der Waals surface area (Å²) in [5.41, 5.74) is 5.71. The predicted molar refractivity (Wildman–Crippen MR) is 153 cm³/mol. The van der Waals surface area contributed by atoms with E-state index in [1.54, 1.807) is 28.2 Å². The average molecular weight is 630 g/mol. The number of aromatic nitrogens is 2. The van der Waals surface area contributed by atoms with Crippen LogP contribution in [0.25, 0.3) is 0 Å². The fourth-order valence-corrected chi connectivity index (χ4v) is 7.78. The number of non-ortho nitro benzene ring substituents is 1. The Hall–Kier alpha value is -4.44. The molecule has 0 radical (unpaired) electrons. The van der Waals surface area contributed by atoms with E-state index in [0.29, 0.717) is 23.4 Å². The second-order valence-corrected chi connectivity index (χ2v) is 12.6. The number of thioether (sulfide) groups is 1. The topological polar surface area (TPSA) is 202 Å². The molecule has 4 N–H and O–H groups in total. The summed E-state index contributed by atoms with van der Waals surface area (Å²) in [5, 5.41) is 30.9. The Balaban J connectivity index is 1.34. The van der Waals surface area contributed by atoms with E-state index in [1.807, 2.05) is 11.5 Å². The highest BCUT2D eigenvalue weighted by molar-refractivity contribution is 8.03. The quantitative estimate of drug-likeness (QED) is 0.138. The number of hydrogen-bond acceptors (Lipinski definition) is 9. The number of imidazole rings is 1. The first-order valence-electron chi connectivity index (χ1n) is 14.0. The van der Waals surface area contributed by atoms with Gasteiger partial charge in [0.15, 0.2) is 6.54 Å². The Kier molecular flexibility index (Phi) is 8.65. The van der Waals surface area contributed by atoms with E-state index in [0.717, 1.165) is 0 Å². The lowest BCUT2D eigenvalue weighted by Gasteiger charge is -2.46. The number of nitrogens with two attached hydrogens (primary N) is 1. The third kappa shape index (κ3) is 5.99. The van der Waals surface area contributed by atoms with Crippen molar-refractivity contribution in [3.63, 3.8) is 0 Å². The number of aliphatic hydroxyl groups excluding tert-OH is 1. The number of aliphatic carboxylic acids is 1. The van der Waals surface area contributed by atoms with Crippen LogP contribution in [-0.2, 0) is 38.8 Å². The molecule has 2 aromatic rings. The molecule has 2 saturated heterocycles. The van der Waals surface area contributed by atoms with Crippen LogP contribution in [-0.4, -0.2) is 83.4 Å². The van der Waals surface area contributed by atoms with Crippen LogP contribution < -0.4 is 10.3 Å². The molecule has 0 saturated carbocycles. The lowest BCUT2D eigenvalue weighted by Crippen LogP contribution is -2.63. The van der Waals surface area contributed by atoms with E-state index >= 15 is 0 Å². The maximum Gasteiger partial charge on any atom is 0.410 e. The van der Waals surface area contributed by atoms with Crippen molar-refractivity contribution in [2.45, 2.75) is 63.4 Å². The molecular formula is C28H33N6O9S+. The second kappa shape index (κ2) is 12.3. The number of likely N-dealkylation sites (tertiary alicyclic amines) is 1. The highest BCUT2D eigenvalue weighted by Crippen LogP contribution is 2.52. The molecule has 6 atom stereocenters. The Morgan fingerprint density at radius 2 is 1.98 bits per heavy atom. The Morgan fingerprint density at radius 3 is 2.59 bits per heavy atom. The minimum Gasteiger partial charge on any atom is -0.477 e. The van der Waals surface area contributed by atoms with Gasteiger partial charge >= 0.3 is 12.1 Å². The summed E-state index contributed by atoms with van der Waals surface area (Å²) in [7, 11) is 0. The SMILES string of the molecule is C[C@@H](O)[C@H]1C(=O)N2C(C(=O)O)=C(S[C@H]3C[C@@H](Cn4cc[n+](CC(N)=O)c4)N(C(=O)OCc4ccc([N+](=O)[O-])cc4)C3)[C@H](C)[C@H]12. The van der Waals surface area contributed by atoms with Gasteiger partial charge in [-0.2, -0.15) is 0 Å². The van der Waals surface area contributed by atoms with E-state index in [4.69, 9.17) is 10.5 Å². The van der Waals surface area contributed by atoms with Crippen molar-refractivity contribution in [2.75, 3.05) is 6.54 Å². The maximum atomic E-state index is 13.4. The fourth-order valence-electron chi connectivity index (χ4n) is 6.22. The summed E-state index contributed by atoms with van der Waals surface area (Å²) < 4.78 is 9.01. The highest BCUT2D eigenvalue weighted by Gasteiger charge is 2.60. The van der Waals surface area contributed by atoms with Crippen molar-refractivity contribution in [1.29, 1.82) is 0 Å². The molecule has 16 heteroatoms. The second-order valence-electron chi connectivity index (χ2n) is 11.3. The molecule has 44 heavy (non-hydrogen) atoms. The van der Waals surface area contributed by atoms with E-state index in [-0.39, 0.29) is 48.3 Å². The number of primary amides is 1. The van der Waals surface area contributed by atoms with E-state index in [2.05, 4.69) is 0 Å². The molecule has 4 heterocycles. The number of β-lactam (4-membered cyclic amide) rings is 1. The van der Waals surface area contributed by atoms with Gasteiger partial charge in [-0.25, -0.2) is 18.7 Å². The smallest absolute Gasteiger partial charge is 0.410 e. The van der Waals surface area contributed by atoms with Crippen LogP contribution >= 0.6 is 11.8 Å². The number of aliphatic hydroxyl groups is 1. The number of carboxylic acid groups (broad SMARTS) is 1. The van der Waals surface area contributed by atoms with Crippen LogP contribution in [0.2, 0.25) is 0 Å². The third-order valence-corrected chi connectivity index (χ3v) is 9.72. The van der Waals surface area contributed by atoms with Gasteiger partial charge in [0, 0.05) is 34.8 Å². The van der Waals surface area contributed by atoms with Crippen molar-refractivity contribution in [1.82, 2.24) is 14.4 Å². The standard InChI is InChI=1S/C28H32N6O9S/c1-15-23-22(16(2)35)26(37)33(23)24(27(38)39)25(15)44-20-9-19(10-30-7-8-31(14-30)12-21(29)36)32(11-20)28(40)43-13-17-3-5-18(6-4-17)34(41)42/h3-8,14-16,19-20,22-23,35H,9-13H2,1-2H3,(H2-,29,36,38,39)/p+1/t15-,16-,19+,20+,22-,23-/m1/s1. The number of benzene rings is 1. The van der Waals surface area contributed by atoms with E-state index in [1.165, 1.54) is 47.9 Å². The number of carbonyl (C=O) groups is 4. The molecule has 15 nitrogen and oxygen atoms in total. The van der Waals surface area contributed by atoms with Crippen molar-refractivity contribution in [3.8, 4) is 0 Å². The number of hydrogen-bond donors (Lipinski definition) is 3. The number of carboxylic acids is 1. The monoisotopic (exact) mass is 629 g/mol. The maximum absolute atomic E-state index is 13.4. The normalized spacial score (nSPS) is 25.1. The number of rotatable bonds is 11. The molecule has 234 valence electrons. The molecular weight excluding hydrogens is 596 g/mol. The number of nitro benzene ring substituents is 1. The third-order valence-electron chi connectivity index (χ3n) is 8.23. The first-order valence-corrected chi connectivity index (χ1v) is 14.9. The van der Waals surface area contributed by atoms with Gasteiger partial charge in [-0.3, -0.25) is 19.7 Å². The zero-order chi connectivity index (χ0) is 31.9. The van der Waals surface area contributed by atoms with Crippen LogP contribution in [0.3, 0.4) is 0 Å². The van der Waals surface area contributed by atoms with Crippen LogP contribution in [0.5, 0.6) is 0 Å². The highest BCUT2D eigenvalue weighted by atomic mass is 32.2. The van der Waals surface area contributed by atoms with Crippen LogP contribution in [0.15, 0.2) is 53.6 Å². The summed E-state index contributed by atoms with van der Waals surface area (Å²) in [6.45, 7) is 3.84. The number of nitro groups is 1. The molecule has 3 aliphatic rings. The zero-order valence-electron chi connectivity index (χ0n) is 24.0. The zero-order valence-corrected chi connectivity index (χ0v) is 24.8. The van der Waals surface area contributed by atoms with Crippen LogP contribution in [0.1, 0.15) is 25.8 Å². The molecule has 0 bridgehead atoms. The van der Waals surface area contributed by atoms with Gasteiger partial charge in [0.05, 0.1) is 29.0 Å². The largest absolute Gasteiger partial charge is 0.477 e. The Bertz CT molecular complexity index is 1520. The summed E-state index contributed by atoms with van der Waals surface area (Å²) in [6, 6.07) is 4.87. The van der Waals surface area contributed by atoms with Crippen molar-refractivity contribution >= 4 is 41.3 Å². The summed E-state index contributed by atoms with van der Waals surface area (Å²) in [6.07, 6.45) is 4.10. The van der Waals surface area contributed by atoms with Crippen molar-refractivity contribution in [2.24, 2.45) is 17.6 Å². The van der Waals surface area contributed by atoms with Crippen molar-refractivity contribution in [3.05, 3.63) is 69.3 Å². The van der Waals surface area contributed by atoms with Gasteiger partial charge in [-0.15, -0.1) is 11.8 Å². The molecule has 3 aliphatic heterocycles. The molecule has 2 fully saturated rings. The minimum absolute atomic E-state index is 0.00895. The first kappa shape index (κ1) is 31.0. The fraction of sp³-hybridized carbons (Fsp3) is 0.464. The summed E-state index contributed by atoms with van der Waals surface area (Å²) >= 11 is 1.32. The number of carbonyl (C=O) groups excluding carboxylic acids is 3. The lowest BCUT2D eigenvalue weighted by atomic mass is 9.79. The molecule has 5 rings (SSSR count). The van der Waals surface area contributed by atoms with Gasteiger partial charge in [0.2, 0.25) is 12.2 Å². The molecule has 1 aromatic carbocycles. The number of amides is 3. The molecule has 0 unspecified atom stereocenters. The minimum atomic E-state index is -1.22.